The fourth-order valence-corrected chi connectivity index (χ4v) is 3.54. The fourth-order valence-electron chi connectivity index (χ4n) is 3.54. The molecule has 1 aromatic carbocycles. The molecule has 0 spiro atoms. The van der Waals surface area contributed by atoms with Crippen LogP contribution in [-0.2, 0) is 11.3 Å². The Morgan fingerprint density at radius 1 is 1.15 bits per heavy atom. The molecule has 0 aliphatic carbocycles. The standard InChI is InChI=1S/C20H29FN4O/c1-15-19(13-22-14-20(3,4)24-9-11-26-12-10-24)16(2)25(23-15)18-7-5-17(21)6-8-18/h5-8,22H,9-14H2,1-4H3. The highest BCUT2D eigenvalue weighted by Crippen LogP contribution is 2.19. The number of benzene rings is 1. The van der Waals surface area contributed by atoms with E-state index in [2.05, 4.69) is 36.1 Å². The maximum atomic E-state index is 13.2. The Morgan fingerprint density at radius 2 is 1.81 bits per heavy atom. The molecule has 5 nitrogen and oxygen atoms in total. The molecule has 0 saturated carbocycles. The summed E-state index contributed by atoms with van der Waals surface area (Å²) in [6.07, 6.45) is 0. The summed E-state index contributed by atoms with van der Waals surface area (Å²) in [7, 11) is 0. The van der Waals surface area contributed by atoms with Gasteiger partial charge in [-0.2, -0.15) is 5.10 Å². The van der Waals surface area contributed by atoms with Gasteiger partial charge in [0.25, 0.3) is 0 Å². The zero-order valence-corrected chi connectivity index (χ0v) is 16.2. The highest BCUT2D eigenvalue weighted by Gasteiger charge is 2.28. The third-order valence-corrected chi connectivity index (χ3v) is 5.24. The van der Waals surface area contributed by atoms with Crippen LogP contribution >= 0.6 is 0 Å². The molecule has 6 heteroatoms. The number of aromatic nitrogens is 2. The second-order valence-electron chi connectivity index (χ2n) is 7.55. The number of hydrogen-bond donors (Lipinski definition) is 1. The van der Waals surface area contributed by atoms with Crippen molar-refractivity contribution in [2.45, 2.75) is 39.8 Å². The molecule has 1 fully saturated rings. The van der Waals surface area contributed by atoms with Gasteiger partial charge in [-0.3, -0.25) is 4.90 Å². The lowest BCUT2D eigenvalue weighted by Crippen LogP contribution is -2.54. The molecule has 2 heterocycles. The van der Waals surface area contributed by atoms with Crippen LogP contribution in [0, 0.1) is 19.7 Å². The number of morpholine rings is 1. The minimum absolute atomic E-state index is 0.0819. The van der Waals surface area contributed by atoms with E-state index >= 15 is 0 Å². The van der Waals surface area contributed by atoms with Crippen molar-refractivity contribution in [3.05, 3.63) is 47.0 Å². The molecule has 0 unspecified atom stereocenters. The van der Waals surface area contributed by atoms with Gasteiger partial charge in [-0.05, 0) is 52.0 Å². The third kappa shape index (κ3) is 4.14. The molecule has 142 valence electrons. The van der Waals surface area contributed by atoms with E-state index in [9.17, 15) is 4.39 Å². The van der Waals surface area contributed by atoms with Crippen molar-refractivity contribution in [3.63, 3.8) is 0 Å². The van der Waals surface area contributed by atoms with Crippen LogP contribution in [-0.4, -0.2) is 53.1 Å². The predicted molar refractivity (Wildman–Crippen MR) is 101 cm³/mol. The SMILES string of the molecule is Cc1nn(-c2ccc(F)cc2)c(C)c1CNCC(C)(C)N1CCOCC1. The molecule has 1 saturated heterocycles. The lowest BCUT2D eigenvalue weighted by atomic mass is 10.0. The van der Waals surface area contributed by atoms with Gasteiger partial charge in [-0.1, -0.05) is 0 Å². The van der Waals surface area contributed by atoms with Crippen LogP contribution in [0.3, 0.4) is 0 Å². The van der Waals surface area contributed by atoms with E-state index in [1.807, 2.05) is 11.6 Å². The van der Waals surface area contributed by atoms with Crippen LogP contribution in [0.15, 0.2) is 24.3 Å². The van der Waals surface area contributed by atoms with Crippen LogP contribution < -0.4 is 5.32 Å². The summed E-state index contributed by atoms with van der Waals surface area (Å²) in [6.45, 7) is 13.9. The van der Waals surface area contributed by atoms with Gasteiger partial charge in [0.2, 0.25) is 0 Å². The van der Waals surface area contributed by atoms with Crippen molar-refractivity contribution in [2.24, 2.45) is 0 Å². The van der Waals surface area contributed by atoms with Gasteiger partial charge in [0.05, 0.1) is 24.6 Å². The third-order valence-electron chi connectivity index (χ3n) is 5.24. The van der Waals surface area contributed by atoms with Crippen molar-refractivity contribution < 1.29 is 9.13 Å². The quantitative estimate of drug-likeness (QED) is 0.860. The molecule has 1 aromatic heterocycles. The Bertz CT molecular complexity index is 733. The lowest BCUT2D eigenvalue weighted by Gasteiger charge is -2.41. The maximum Gasteiger partial charge on any atom is 0.123 e. The highest BCUT2D eigenvalue weighted by atomic mass is 19.1. The molecule has 0 atom stereocenters. The van der Waals surface area contributed by atoms with Gasteiger partial charge in [-0.15, -0.1) is 0 Å². The summed E-state index contributed by atoms with van der Waals surface area (Å²) in [5.41, 5.74) is 4.26. The zero-order valence-electron chi connectivity index (χ0n) is 16.2. The molecular formula is C20H29FN4O. The smallest absolute Gasteiger partial charge is 0.123 e. The topological polar surface area (TPSA) is 42.3 Å². The Kier molecular flexibility index (Phi) is 5.75. The first kappa shape index (κ1) is 19.0. The fraction of sp³-hybridized carbons (Fsp3) is 0.550. The van der Waals surface area contributed by atoms with Crippen LogP contribution in [0.25, 0.3) is 5.69 Å². The Hall–Kier alpha value is -1.76. The van der Waals surface area contributed by atoms with Crippen molar-refractivity contribution in [1.29, 1.82) is 0 Å². The summed E-state index contributed by atoms with van der Waals surface area (Å²) in [5, 5.41) is 8.24. The number of hydrogen-bond acceptors (Lipinski definition) is 4. The Labute approximate surface area is 155 Å². The normalized spacial score (nSPS) is 16.2. The minimum Gasteiger partial charge on any atom is -0.379 e. The molecule has 1 N–H and O–H groups in total. The summed E-state index contributed by atoms with van der Waals surface area (Å²) in [6, 6.07) is 6.45. The summed E-state index contributed by atoms with van der Waals surface area (Å²) in [4.78, 5) is 2.48. The Balaban J connectivity index is 1.66. The van der Waals surface area contributed by atoms with E-state index in [1.165, 1.54) is 17.7 Å². The van der Waals surface area contributed by atoms with E-state index in [-0.39, 0.29) is 11.4 Å². The predicted octanol–water partition coefficient (Wildman–Crippen LogP) is 2.83. The summed E-state index contributed by atoms with van der Waals surface area (Å²) in [5.74, 6) is -0.234. The van der Waals surface area contributed by atoms with E-state index in [0.29, 0.717) is 0 Å². The first-order chi connectivity index (χ1) is 12.4. The van der Waals surface area contributed by atoms with Gasteiger partial charge in [0, 0.05) is 43.0 Å². The van der Waals surface area contributed by atoms with Crippen molar-refractivity contribution in [1.82, 2.24) is 20.0 Å². The second kappa shape index (κ2) is 7.86. The minimum atomic E-state index is -0.234. The molecule has 2 aromatic rings. The van der Waals surface area contributed by atoms with Crippen LogP contribution in [0.5, 0.6) is 0 Å². The van der Waals surface area contributed by atoms with Crippen molar-refractivity contribution >= 4 is 0 Å². The van der Waals surface area contributed by atoms with Crippen LogP contribution in [0.2, 0.25) is 0 Å². The molecular weight excluding hydrogens is 331 g/mol. The molecule has 1 aliphatic heterocycles. The molecule has 26 heavy (non-hydrogen) atoms. The highest BCUT2D eigenvalue weighted by molar-refractivity contribution is 5.37. The number of halogens is 1. The molecule has 0 radical (unpaired) electrons. The van der Waals surface area contributed by atoms with Gasteiger partial charge in [0.1, 0.15) is 5.82 Å². The first-order valence-electron chi connectivity index (χ1n) is 9.23. The van der Waals surface area contributed by atoms with Crippen molar-refractivity contribution in [2.75, 3.05) is 32.8 Å². The maximum absolute atomic E-state index is 13.2. The van der Waals surface area contributed by atoms with Gasteiger partial charge in [-0.25, -0.2) is 9.07 Å². The average molecular weight is 360 g/mol. The molecule has 1 aliphatic rings. The van der Waals surface area contributed by atoms with E-state index < -0.39 is 0 Å². The van der Waals surface area contributed by atoms with E-state index in [0.717, 1.165) is 56.5 Å². The van der Waals surface area contributed by atoms with Crippen molar-refractivity contribution in [3.8, 4) is 5.69 Å². The molecule has 3 rings (SSSR count). The summed E-state index contributed by atoms with van der Waals surface area (Å²) < 4.78 is 20.5. The number of aryl methyl sites for hydroxylation is 1. The molecule has 0 bridgehead atoms. The number of nitrogens with one attached hydrogen (secondary N) is 1. The first-order valence-corrected chi connectivity index (χ1v) is 9.23. The van der Waals surface area contributed by atoms with E-state index in [4.69, 9.17) is 4.74 Å². The average Bonchev–Trinajstić information content (AvgIpc) is 2.91. The van der Waals surface area contributed by atoms with Gasteiger partial charge >= 0.3 is 0 Å². The second-order valence-corrected chi connectivity index (χ2v) is 7.55. The monoisotopic (exact) mass is 360 g/mol. The summed E-state index contributed by atoms with van der Waals surface area (Å²) >= 11 is 0. The van der Waals surface area contributed by atoms with Crippen LogP contribution in [0.4, 0.5) is 4.39 Å². The molecule has 0 amide bonds. The van der Waals surface area contributed by atoms with Crippen LogP contribution in [0.1, 0.15) is 30.8 Å². The van der Waals surface area contributed by atoms with Gasteiger partial charge in [0.15, 0.2) is 0 Å². The van der Waals surface area contributed by atoms with Gasteiger partial charge < -0.3 is 10.1 Å². The number of nitrogens with zero attached hydrogens (tertiary/aromatic N) is 3. The number of ether oxygens (including phenoxy) is 1. The lowest BCUT2D eigenvalue weighted by molar-refractivity contribution is -0.00967. The van der Waals surface area contributed by atoms with E-state index in [1.54, 1.807) is 12.1 Å². The largest absolute Gasteiger partial charge is 0.379 e. The Morgan fingerprint density at radius 3 is 2.46 bits per heavy atom. The number of rotatable bonds is 6. The zero-order chi connectivity index (χ0) is 18.7.